The summed E-state index contributed by atoms with van der Waals surface area (Å²) >= 11 is 0. The molecule has 0 bridgehead atoms. The highest BCUT2D eigenvalue weighted by molar-refractivity contribution is 6.27. The van der Waals surface area contributed by atoms with Crippen LogP contribution in [0, 0.1) is 5.92 Å². The molecule has 0 heterocycles. The van der Waals surface area contributed by atoms with Crippen LogP contribution in [0.2, 0.25) is 0 Å². The van der Waals surface area contributed by atoms with E-state index >= 15 is 0 Å². The van der Waals surface area contributed by atoms with E-state index in [0.717, 1.165) is 51.9 Å². The number of carbonyl (C=O) groups is 3. The summed E-state index contributed by atoms with van der Waals surface area (Å²) in [6.45, 7) is 7.99. The van der Waals surface area contributed by atoms with Crippen molar-refractivity contribution < 1.29 is 29.7 Å². The first-order valence-corrected chi connectivity index (χ1v) is 7.96. The Morgan fingerprint density at radius 1 is 1.00 bits per heavy atom. The standard InChI is InChI=1S/C13H26N2O2.C2H2O4/c1-3-15(4-2)10-9-14-13(17)11-5-7-12(16)8-6-11;3-1(4)2(5)6/h11-12,16H,3-10H2,1-2H3,(H,14,17);(H,3,4)(H,5,6)/t11-,12-;. The van der Waals surface area contributed by atoms with Gasteiger partial charge in [0.1, 0.15) is 0 Å². The van der Waals surface area contributed by atoms with Crippen molar-refractivity contribution in [1.82, 2.24) is 10.2 Å². The van der Waals surface area contributed by atoms with Gasteiger partial charge in [-0.05, 0) is 38.8 Å². The molecule has 1 aliphatic rings. The number of nitrogens with zero attached hydrogens (tertiary/aromatic N) is 1. The van der Waals surface area contributed by atoms with E-state index in [-0.39, 0.29) is 17.9 Å². The van der Waals surface area contributed by atoms with Crippen molar-refractivity contribution in [1.29, 1.82) is 0 Å². The van der Waals surface area contributed by atoms with Crippen LogP contribution in [0.1, 0.15) is 39.5 Å². The van der Waals surface area contributed by atoms with Gasteiger partial charge in [-0.15, -0.1) is 0 Å². The van der Waals surface area contributed by atoms with Crippen molar-refractivity contribution in [3.05, 3.63) is 0 Å². The van der Waals surface area contributed by atoms with Crippen LogP contribution in [0.5, 0.6) is 0 Å². The average molecular weight is 332 g/mol. The fraction of sp³-hybridized carbons (Fsp3) is 0.800. The zero-order valence-corrected chi connectivity index (χ0v) is 13.8. The van der Waals surface area contributed by atoms with Crippen LogP contribution in [0.4, 0.5) is 0 Å². The lowest BCUT2D eigenvalue weighted by molar-refractivity contribution is -0.159. The predicted molar refractivity (Wildman–Crippen MR) is 84.0 cm³/mol. The quantitative estimate of drug-likeness (QED) is 0.510. The topological polar surface area (TPSA) is 127 Å². The molecule has 0 radical (unpaired) electrons. The number of aliphatic hydroxyl groups excluding tert-OH is 1. The van der Waals surface area contributed by atoms with Gasteiger partial charge < -0.3 is 25.5 Å². The Balaban J connectivity index is 0.000000688. The molecule has 4 N–H and O–H groups in total. The third-order valence-electron chi connectivity index (χ3n) is 3.87. The van der Waals surface area contributed by atoms with Gasteiger partial charge in [-0.25, -0.2) is 9.59 Å². The number of likely N-dealkylation sites (N-methyl/N-ethyl adjacent to an activating group) is 1. The molecule has 0 spiro atoms. The number of aliphatic hydroxyl groups is 1. The van der Waals surface area contributed by atoms with Gasteiger partial charge in [-0.3, -0.25) is 4.79 Å². The molecule has 1 aliphatic carbocycles. The Kier molecular flexibility index (Phi) is 11.0. The monoisotopic (exact) mass is 332 g/mol. The number of hydrogen-bond acceptors (Lipinski definition) is 5. The number of carboxylic acid groups (broad SMARTS) is 2. The van der Waals surface area contributed by atoms with Crippen molar-refractivity contribution in [2.24, 2.45) is 5.92 Å². The third kappa shape index (κ3) is 9.85. The second-order valence-electron chi connectivity index (χ2n) is 5.43. The second-order valence-corrected chi connectivity index (χ2v) is 5.43. The summed E-state index contributed by atoms with van der Waals surface area (Å²) in [5.41, 5.74) is 0. The summed E-state index contributed by atoms with van der Waals surface area (Å²) in [5.74, 6) is -3.36. The maximum Gasteiger partial charge on any atom is 0.414 e. The number of carbonyl (C=O) groups excluding carboxylic acids is 1. The van der Waals surface area contributed by atoms with Crippen molar-refractivity contribution in [2.75, 3.05) is 26.2 Å². The summed E-state index contributed by atoms with van der Waals surface area (Å²) in [7, 11) is 0. The lowest BCUT2D eigenvalue weighted by Gasteiger charge is -2.25. The SMILES string of the molecule is CCN(CC)CCNC(=O)[C@H]1CC[C@H](O)CC1.O=C(O)C(=O)O. The van der Waals surface area contributed by atoms with Gasteiger partial charge in [-0.1, -0.05) is 13.8 Å². The fourth-order valence-corrected chi connectivity index (χ4v) is 2.36. The zero-order chi connectivity index (χ0) is 17.8. The lowest BCUT2D eigenvalue weighted by Crippen LogP contribution is -2.39. The van der Waals surface area contributed by atoms with E-state index < -0.39 is 11.9 Å². The Bertz CT molecular complexity index is 364. The summed E-state index contributed by atoms with van der Waals surface area (Å²) in [6.07, 6.45) is 3.02. The number of aliphatic carboxylic acids is 2. The molecule has 8 heteroatoms. The molecule has 1 rings (SSSR count). The molecule has 0 aromatic carbocycles. The molecule has 1 fully saturated rings. The molecule has 0 aromatic rings. The third-order valence-corrected chi connectivity index (χ3v) is 3.87. The summed E-state index contributed by atoms with van der Waals surface area (Å²) in [6, 6.07) is 0. The lowest BCUT2D eigenvalue weighted by atomic mass is 9.87. The molecule has 1 saturated carbocycles. The Morgan fingerprint density at radius 2 is 1.48 bits per heavy atom. The van der Waals surface area contributed by atoms with Crippen LogP contribution in [0.25, 0.3) is 0 Å². The highest BCUT2D eigenvalue weighted by atomic mass is 16.4. The van der Waals surface area contributed by atoms with Crippen LogP contribution in [-0.4, -0.2) is 70.3 Å². The molecule has 134 valence electrons. The van der Waals surface area contributed by atoms with Gasteiger partial charge in [0.2, 0.25) is 5.91 Å². The first kappa shape index (κ1) is 21.3. The minimum absolute atomic E-state index is 0.120. The zero-order valence-electron chi connectivity index (χ0n) is 13.8. The van der Waals surface area contributed by atoms with Crippen LogP contribution in [0.15, 0.2) is 0 Å². The number of amides is 1. The molecule has 1 amide bonds. The average Bonchev–Trinajstić information content (AvgIpc) is 2.52. The van der Waals surface area contributed by atoms with E-state index in [1.54, 1.807) is 0 Å². The summed E-state index contributed by atoms with van der Waals surface area (Å²) < 4.78 is 0. The maximum absolute atomic E-state index is 11.9. The van der Waals surface area contributed by atoms with Crippen molar-refractivity contribution in [3.8, 4) is 0 Å². The Morgan fingerprint density at radius 3 is 1.87 bits per heavy atom. The van der Waals surface area contributed by atoms with Crippen LogP contribution < -0.4 is 5.32 Å². The summed E-state index contributed by atoms with van der Waals surface area (Å²) in [5, 5.41) is 27.2. The van der Waals surface area contributed by atoms with Crippen LogP contribution >= 0.6 is 0 Å². The molecular formula is C15H28N2O6. The van der Waals surface area contributed by atoms with Crippen LogP contribution in [-0.2, 0) is 14.4 Å². The molecule has 0 atom stereocenters. The normalized spacial score (nSPS) is 20.3. The predicted octanol–water partition coefficient (Wildman–Crippen LogP) is 0.151. The van der Waals surface area contributed by atoms with E-state index in [2.05, 4.69) is 24.1 Å². The Hall–Kier alpha value is -1.67. The highest BCUT2D eigenvalue weighted by Gasteiger charge is 2.24. The van der Waals surface area contributed by atoms with E-state index in [9.17, 15) is 9.90 Å². The minimum atomic E-state index is -1.82. The number of carboxylic acids is 2. The number of nitrogens with one attached hydrogen (secondary N) is 1. The van der Waals surface area contributed by atoms with Crippen molar-refractivity contribution in [3.63, 3.8) is 0 Å². The molecule has 0 aromatic heterocycles. The van der Waals surface area contributed by atoms with Crippen molar-refractivity contribution in [2.45, 2.75) is 45.6 Å². The van der Waals surface area contributed by atoms with Gasteiger partial charge in [0, 0.05) is 19.0 Å². The van der Waals surface area contributed by atoms with Crippen LogP contribution in [0.3, 0.4) is 0 Å². The highest BCUT2D eigenvalue weighted by Crippen LogP contribution is 2.24. The Labute approximate surface area is 136 Å². The number of hydrogen-bond donors (Lipinski definition) is 4. The molecule has 23 heavy (non-hydrogen) atoms. The van der Waals surface area contributed by atoms with E-state index in [1.165, 1.54) is 0 Å². The minimum Gasteiger partial charge on any atom is -0.473 e. The molecule has 0 saturated heterocycles. The second kappa shape index (κ2) is 11.8. The smallest absolute Gasteiger partial charge is 0.414 e. The van der Waals surface area contributed by atoms with Gasteiger partial charge >= 0.3 is 11.9 Å². The van der Waals surface area contributed by atoms with Crippen molar-refractivity contribution >= 4 is 17.8 Å². The molecule has 0 aliphatic heterocycles. The summed E-state index contributed by atoms with van der Waals surface area (Å²) in [4.78, 5) is 32.3. The number of rotatable bonds is 6. The first-order chi connectivity index (χ1) is 10.8. The molecule has 8 nitrogen and oxygen atoms in total. The fourth-order valence-electron chi connectivity index (χ4n) is 2.36. The van der Waals surface area contributed by atoms with Gasteiger partial charge in [0.25, 0.3) is 0 Å². The maximum atomic E-state index is 11.9. The molecule has 0 unspecified atom stereocenters. The van der Waals surface area contributed by atoms with E-state index in [4.69, 9.17) is 19.8 Å². The van der Waals surface area contributed by atoms with Gasteiger partial charge in [-0.2, -0.15) is 0 Å². The van der Waals surface area contributed by atoms with Gasteiger partial charge in [0.15, 0.2) is 0 Å². The largest absolute Gasteiger partial charge is 0.473 e. The van der Waals surface area contributed by atoms with Gasteiger partial charge in [0.05, 0.1) is 6.10 Å². The first-order valence-electron chi connectivity index (χ1n) is 7.96. The van der Waals surface area contributed by atoms with E-state index in [0.29, 0.717) is 0 Å². The van der Waals surface area contributed by atoms with E-state index in [1.807, 2.05) is 0 Å². The molecular weight excluding hydrogens is 304 g/mol.